The Bertz CT molecular complexity index is 572. The number of halogens is 2. The maximum atomic E-state index is 13.6. The third-order valence-electron chi connectivity index (χ3n) is 2.77. The number of nitrogens with one attached hydrogen (secondary N) is 1. The van der Waals surface area contributed by atoms with Gasteiger partial charge in [0.1, 0.15) is 12.4 Å². The van der Waals surface area contributed by atoms with Crippen molar-refractivity contribution >= 4 is 17.3 Å². The number of hydrogen-bond acceptors (Lipinski definition) is 3. The fraction of sp³-hybridized carbons (Fsp3) is 0.250. The lowest BCUT2D eigenvalue weighted by atomic mass is 10.3. The van der Waals surface area contributed by atoms with Crippen LogP contribution in [-0.2, 0) is 0 Å². The predicted octanol–water partition coefficient (Wildman–Crippen LogP) is 4.37. The summed E-state index contributed by atoms with van der Waals surface area (Å²) in [5.74, 6) is 0.988. The second-order valence-electron chi connectivity index (χ2n) is 4.25. The highest BCUT2D eigenvalue weighted by molar-refractivity contribution is 6.33. The minimum absolute atomic E-state index is 0.292. The van der Waals surface area contributed by atoms with Gasteiger partial charge in [-0.3, -0.25) is 0 Å². The summed E-state index contributed by atoms with van der Waals surface area (Å²) in [6.45, 7) is 3.29. The van der Waals surface area contributed by atoms with Crippen molar-refractivity contribution in [2.45, 2.75) is 6.92 Å². The van der Waals surface area contributed by atoms with Crippen LogP contribution in [0, 0.1) is 5.82 Å². The molecule has 2 aromatic carbocycles. The highest BCUT2D eigenvalue weighted by atomic mass is 35.5. The first-order chi connectivity index (χ1) is 10.2. The van der Waals surface area contributed by atoms with Crippen molar-refractivity contribution in [2.24, 2.45) is 0 Å². The molecular formula is C16H17ClFNO2. The molecular weight excluding hydrogens is 293 g/mol. The molecule has 3 nitrogen and oxygen atoms in total. The van der Waals surface area contributed by atoms with Crippen molar-refractivity contribution in [1.82, 2.24) is 0 Å². The Hall–Kier alpha value is -1.94. The minimum Gasteiger partial charge on any atom is -0.490 e. The van der Waals surface area contributed by atoms with Gasteiger partial charge in [-0.05, 0) is 31.2 Å². The Morgan fingerprint density at radius 1 is 1.05 bits per heavy atom. The Balaban J connectivity index is 1.88. The number of para-hydroxylation sites is 3. The van der Waals surface area contributed by atoms with Crippen molar-refractivity contribution in [3.8, 4) is 11.5 Å². The maximum absolute atomic E-state index is 13.6. The molecule has 0 aromatic heterocycles. The van der Waals surface area contributed by atoms with E-state index in [0.717, 1.165) is 0 Å². The third-order valence-corrected chi connectivity index (χ3v) is 3.09. The molecule has 0 saturated heterocycles. The van der Waals surface area contributed by atoms with Gasteiger partial charge in [0.2, 0.25) is 0 Å². The fourth-order valence-electron chi connectivity index (χ4n) is 1.85. The maximum Gasteiger partial charge on any atom is 0.161 e. The molecule has 0 aliphatic heterocycles. The Morgan fingerprint density at radius 2 is 1.76 bits per heavy atom. The Morgan fingerprint density at radius 3 is 2.43 bits per heavy atom. The summed E-state index contributed by atoms with van der Waals surface area (Å²) in [6, 6.07) is 12.0. The molecule has 0 spiro atoms. The molecule has 0 aliphatic rings. The molecule has 0 atom stereocenters. The summed E-state index contributed by atoms with van der Waals surface area (Å²) < 4.78 is 24.7. The summed E-state index contributed by atoms with van der Waals surface area (Å²) >= 11 is 5.93. The van der Waals surface area contributed by atoms with E-state index in [9.17, 15) is 4.39 Å². The van der Waals surface area contributed by atoms with Gasteiger partial charge in [0.15, 0.2) is 11.5 Å². The molecule has 5 heteroatoms. The van der Waals surface area contributed by atoms with E-state index in [1.54, 1.807) is 12.1 Å². The van der Waals surface area contributed by atoms with E-state index in [2.05, 4.69) is 5.32 Å². The molecule has 0 fully saturated rings. The molecule has 21 heavy (non-hydrogen) atoms. The van der Waals surface area contributed by atoms with E-state index in [0.29, 0.717) is 42.0 Å². The van der Waals surface area contributed by atoms with Crippen LogP contribution in [0.5, 0.6) is 11.5 Å². The molecule has 0 saturated carbocycles. The van der Waals surface area contributed by atoms with Crippen molar-refractivity contribution in [1.29, 1.82) is 0 Å². The molecule has 0 unspecified atom stereocenters. The van der Waals surface area contributed by atoms with Gasteiger partial charge in [0, 0.05) is 6.54 Å². The minimum atomic E-state index is -0.378. The zero-order valence-electron chi connectivity index (χ0n) is 11.7. The van der Waals surface area contributed by atoms with E-state index in [1.807, 2.05) is 31.2 Å². The average molecular weight is 310 g/mol. The van der Waals surface area contributed by atoms with E-state index in [1.165, 1.54) is 6.07 Å². The second-order valence-corrected chi connectivity index (χ2v) is 4.66. The number of ether oxygens (including phenoxy) is 2. The molecule has 2 aromatic rings. The van der Waals surface area contributed by atoms with Crippen molar-refractivity contribution in [3.63, 3.8) is 0 Å². The van der Waals surface area contributed by atoms with Gasteiger partial charge in [0.05, 0.1) is 17.3 Å². The lowest BCUT2D eigenvalue weighted by Gasteiger charge is -2.13. The smallest absolute Gasteiger partial charge is 0.161 e. The van der Waals surface area contributed by atoms with Crippen LogP contribution in [0.4, 0.5) is 10.1 Å². The van der Waals surface area contributed by atoms with Gasteiger partial charge in [0.25, 0.3) is 0 Å². The van der Waals surface area contributed by atoms with Crippen LogP contribution in [-0.4, -0.2) is 19.8 Å². The summed E-state index contributed by atoms with van der Waals surface area (Å²) in [5.41, 5.74) is 0.292. The van der Waals surface area contributed by atoms with Crippen LogP contribution < -0.4 is 14.8 Å². The van der Waals surface area contributed by atoms with Crippen molar-refractivity contribution in [3.05, 3.63) is 53.3 Å². The van der Waals surface area contributed by atoms with Crippen molar-refractivity contribution < 1.29 is 13.9 Å². The van der Waals surface area contributed by atoms with Crippen molar-refractivity contribution in [2.75, 3.05) is 25.1 Å². The van der Waals surface area contributed by atoms with E-state index >= 15 is 0 Å². The standard InChI is InChI=1S/C16H17ClFNO2/c1-2-20-14-8-3-4-9-15(14)21-11-10-19-16-12(17)6-5-7-13(16)18/h3-9,19H,2,10-11H2,1H3. The molecule has 0 radical (unpaired) electrons. The van der Waals surface area contributed by atoms with Crippen LogP contribution in [0.2, 0.25) is 5.02 Å². The first-order valence-corrected chi connectivity index (χ1v) is 7.12. The summed E-state index contributed by atoms with van der Waals surface area (Å²) in [4.78, 5) is 0. The number of anilines is 1. The van der Waals surface area contributed by atoms with Crippen LogP contribution in [0.25, 0.3) is 0 Å². The van der Waals surface area contributed by atoms with Gasteiger partial charge >= 0.3 is 0 Å². The third kappa shape index (κ3) is 4.26. The van der Waals surface area contributed by atoms with E-state index < -0.39 is 0 Å². The van der Waals surface area contributed by atoms with Crippen LogP contribution in [0.3, 0.4) is 0 Å². The fourth-order valence-corrected chi connectivity index (χ4v) is 2.08. The normalized spacial score (nSPS) is 10.2. The SMILES string of the molecule is CCOc1ccccc1OCCNc1c(F)cccc1Cl. The molecule has 0 aliphatic carbocycles. The topological polar surface area (TPSA) is 30.5 Å². The van der Waals surface area contributed by atoms with E-state index in [-0.39, 0.29) is 5.82 Å². The first kappa shape index (κ1) is 15.4. The summed E-state index contributed by atoms with van der Waals surface area (Å²) in [7, 11) is 0. The molecule has 112 valence electrons. The highest BCUT2D eigenvalue weighted by Crippen LogP contribution is 2.27. The van der Waals surface area contributed by atoms with Gasteiger partial charge in [-0.1, -0.05) is 29.8 Å². The zero-order chi connectivity index (χ0) is 15.1. The number of benzene rings is 2. The Kier molecular flexibility index (Phi) is 5.69. The molecule has 0 amide bonds. The lowest BCUT2D eigenvalue weighted by Crippen LogP contribution is -2.13. The average Bonchev–Trinajstić information content (AvgIpc) is 2.48. The first-order valence-electron chi connectivity index (χ1n) is 6.75. The molecule has 1 N–H and O–H groups in total. The van der Waals surface area contributed by atoms with Gasteiger partial charge in [-0.25, -0.2) is 4.39 Å². The van der Waals surface area contributed by atoms with Gasteiger partial charge < -0.3 is 14.8 Å². The van der Waals surface area contributed by atoms with Gasteiger partial charge in [-0.15, -0.1) is 0 Å². The highest BCUT2D eigenvalue weighted by Gasteiger charge is 2.06. The van der Waals surface area contributed by atoms with Gasteiger partial charge in [-0.2, -0.15) is 0 Å². The Labute approximate surface area is 128 Å². The number of rotatable bonds is 7. The molecule has 0 bridgehead atoms. The van der Waals surface area contributed by atoms with Crippen LogP contribution in [0.1, 0.15) is 6.92 Å². The monoisotopic (exact) mass is 309 g/mol. The second kappa shape index (κ2) is 7.74. The number of hydrogen-bond donors (Lipinski definition) is 1. The molecule has 2 rings (SSSR count). The lowest BCUT2D eigenvalue weighted by molar-refractivity contribution is 0.284. The molecule has 0 heterocycles. The van der Waals surface area contributed by atoms with E-state index in [4.69, 9.17) is 21.1 Å². The quantitative estimate of drug-likeness (QED) is 0.770. The van der Waals surface area contributed by atoms with Crippen LogP contribution >= 0.6 is 11.6 Å². The predicted molar refractivity (Wildman–Crippen MR) is 83.0 cm³/mol. The van der Waals surface area contributed by atoms with Crippen LogP contribution in [0.15, 0.2) is 42.5 Å². The summed E-state index contributed by atoms with van der Waals surface area (Å²) in [6.07, 6.45) is 0. The summed E-state index contributed by atoms with van der Waals surface area (Å²) in [5, 5.41) is 3.28. The zero-order valence-corrected chi connectivity index (χ0v) is 12.5. The largest absolute Gasteiger partial charge is 0.490 e.